The second-order valence-electron chi connectivity index (χ2n) is 9.87. The second kappa shape index (κ2) is 12.0. The number of nitrogens with zero attached hydrogens (tertiary/aromatic N) is 2. The molecule has 7 nitrogen and oxygen atoms in total. The fraction of sp³-hybridized carbons (Fsp3) is 0.286. The molecule has 10 heteroatoms. The van der Waals surface area contributed by atoms with Crippen LogP contribution in [0, 0.1) is 5.82 Å². The van der Waals surface area contributed by atoms with Gasteiger partial charge in [-0.2, -0.15) is 0 Å². The molecule has 0 aliphatic rings. The highest BCUT2D eigenvalue weighted by Crippen LogP contribution is 2.25. The zero-order valence-electron chi connectivity index (χ0n) is 21.7. The summed E-state index contributed by atoms with van der Waals surface area (Å²) in [6.45, 7) is 6.45. The van der Waals surface area contributed by atoms with E-state index in [1.807, 2.05) is 20.8 Å². The van der Waals surface area contributed by atoms with Gasteiger partial charge in [0.05, 0.1) is 10.6 Å². The molecule has 0 heterocycles. The highest BCUT2D eigenvalue weighted by Gasteiger charge is 2.33. The van der Waals surface area contributed by atoms with E-state index in [2.05, 4.69) is 5.32 Å². The summed E-state index contributed by atoms with van der Waals surface area (Å²) >= 11 is 6.14. The quantitative estimate of drug-likeness (QED) is 0.399. The summed E-state index contributed by atoms with van der Waals surface area (Å²) < 4.78 is 41.9. The first kappa shape index (κ1) is 29.1. The Hall–Kier alpha value is -3.43. The molecule has 0 aliphatic carbocycles. The van der Waals surface area contributed by atoms with Gasteiger partial charge in [-0.05, 0) is 81.8 Å². The van der Waals surface area contributed by atoms with E-state index in [1.54, 1.807) is 49.4 Å². The molecule has 3 rings (SSSR count). The number of amides is 2. The molecule has 0 saturated carbocycles. The molecule has 1 N–H and O–H groups in total. The number of carbonyl (C=O) groups is 2. The number of nitrogens with one attached hydrogen (secondary N) is 1. The molecule has 0 aliphatic heterocycles. The van der Waals surface area contributed by atoms with E-state index < -0.39 is 45.8 Å². The van der Waals surface area contributed by atoms with Crippen molar-refractivity contribution in [1.29, 1.82) is 0 Å². The Balaban J connectivity index is 2.02. The normalized spacial score (nSPS) is 12.5. The molecule has 1 unspecified atom stereocenters. The number of halogens is 2. The first-order valence-corrected chi connectivity index (χ1v) is 13.8. The summed E-state index contributed by atoms with van der Waals surface area (Å²) in [6, 6.07) is 18.4. The molecule has 2 amide bonds. The largest absolute Gasteiger partial charge is 0.350 e. The molecule has 0 bridgehead atoms. The number of benzene rings is 3. The minimum Gasteiger partial charge on any atom is -0.350 e. The molecule has 202 valence electrons. The lowest BCUT2D eigenvalue weighted by Crippen LogP contribution is -2.54. The van der Waals surface area contributed by atoms with Crippen LogP contribution in [0.25, 0.3) is 0 Å². The van der Waals surface area contributed by atoms with Crippen LogP contribution >= 0.6 is 11.6 Å². The fourth-order valence-electron chi connectivity index (χ4n) is 3.74. The number of rotatable bonds is 9. The molecule has 1 atom stereocenters. The molecule has 0 spiro atoms. The van der Waals surface area contributed by atoms with Gasteiger partial charge >= 0.3 is 0 Å². The van der Waals surface area contributed by atoms with E-state index >= 15 is 0 Å². The Morgan fingerprint density at radius 1 is 0.974 bits per heavy atom. The monoisotopic (exact) mass is 559 g/mol. The Morgan fingerprint density at radius 2 is 1.61 bits per heavy atom. The van der Waals surface area contributed by atoms with E-state index in [1.165, 1.54) is 29.2 Å². The van der Waals surface area contributed by atoms with Gasteiger partial charge in [0.2, 0.25) is 11.8 Å². The maximum Gasteiger partial charge on any atom is 0.264 e. The zero-order chi connectivity index (χ0) is 28.1. The lowest BCUT2D eigenvalue weighted by Gasteiger charge is -2.33. The Kier molecular flexibility index (Phi) is 9.17. The van der Waals surface area contributed by atoms with Gasteiger partial charge in [0, 0.05) is 17.1 Å². The first-order chi connectivity index (χ1) is 17.8. The predicted octanol–water partition coefficient (Wildman–Crippen LogP) is 5.01. The van der Waals surface area contributed by atoms with Gasteiger partial charge in [0.15, 0.2) is 0 Å². The van der Waals surface area contributed by atoms with Crippen molar-refractivity contribution in [3.63, 3.8) is 0 Å². The molecule has 3 aromatic carbocycles. The molecule has 0 radical (unpaired) electrons. The third-order valence-electron chi connectivity index (χ3n) is 5.63. The van der Waals surface area contributed by atoms with Gasteiger partial charge in [-0.1, -0.05) is 41.9 Å². The van der Waals surface area contributed by atoms with Crippen LogP contribution < -0.4 is 9.62 Å². The van der Waals surface area contributed by atoms with Crippen molar-refractivity contribution in [1.82, 2.24) is 10.2 Å². The van der Waals surface area contributed by atoms with E-state index in [0.29, 0.717) is 10.6 Å². The minimum absolute atomic E-state index is 0.0146. The van der Waals surface area contributed by atoms with Crippen molar-refractivity contribution < 1.29 is 22.4 Å². The number of carbonyl (C=O) groups excluding carboxylic acids is 2. The van der Waals surface area contributed by atoms with Crippen LogP contribution in [0.15, 0.2) is 83.8 Å². The number of sulfonamides is 1. The van der Waals surface area contributed by atoms with Crippen LogP contribution in [0.4, 0.5) is 10.1 Å². The predicted molar refractivity (Wildman–Crippen MR) is 147 cm³/mol. The van der Waals surface area contributed by atoms with Gasteiger partial charge in [0.25, 0.3) is 10.0 Å². The smallest absolute Gasteiger partial charge is 0.264 e. The van der Waals surface area contributed by atoms with E-state index in [4.69, 9.17) is 11.6 Å². The maximum absolute atomic E-state index is 13.8. The van der Waals surface area contributed by atoms with Gasteiger partial charge in [-0.15, -0.1) is 0 Å². The molecule has 0 aromatic heterocycles. The summed E-state index contributed by atoms with van der Waals surface area (Å²) in [5, 5.41) is 3.33. The number of anilines is 1. The van der Waals surface area contributed by atoms with Crippen LogP contribution in [0.2, 0.25) is 5.02 Å². The highest BCUT2D eigenvalue weighted by molar-refractivity contribution is 7.92. The Bertz CT molecular complexity index is 1380. The summed E-state index contributed by atoms with van der Waals surface area (Å²) in [4.78, 5) is 28.2. The van der Waals surface area contributed by atoms with Crippen LogP contribution in [0.3, 0.4) is 0 Å². The molecular weight excluding hydrogens is 529 g/mol. The van der Waals surface area contributed by atoms with Crippen LogP contribution in [-0.4, -0.2) is 43.3 Å². The molecule has 0 saturated heterocycles. The van der Waals surface area contributed by atoms with Crippen molar-refractivity contribution in [3.05, 3.63) is 95.3 Å². The summed E-state index contributed by atoms with van der Waals surface area (Å²) in [7, 11) is -4.21. The molecule has 38 heavy (non-hydrogen) atoms. The molecular formula is C28H31ClFN3O4S. The summed E-state index contributed by atoms with van der Waals surface area (Å²) in [5.74, 6) is -1.57. The standard InChI is InChI=1S/C28H31ClFN3O4S/c1-20(27(35)31-28(2,3)4)32(18-21-9-8-10-22(29)17-21)26(34)19-33(24-15-13-23(30)14-16-24)38(36,37)25-11-6-5-7-12-25/h5-17,20H,18-19H2,1-4H3,(H,31,35). The maximum atomic E-state index is 13.8. The van der Waals surface area contributed by atoms with Crippen molar-refractivity contribution >= 4 is 39.1 Å². The van der Waals surface area contributed by atoms with E-state index in [-0.39, 0.29) is 17.1 Å². The Labute approximate surface area is 228 Å². The van der Waals surface area contributed by atoms with Gasteiger partial charge < -0.3 is 10.2 Å². The third kappa shape index (κ3) is 7.55. The summed E-state index contributed by atoms with van der Waals surface area (Å²) in [5.41, 5.74) is 0.228. The zero-order valence-corrected chi connectivity index (χ0v) is 23.3. The Morgan fingerprint density at radius 3 is 2.18 bits per heavy atom. The first-order valence-electron chi connectivity index (χ1n) is 12.0. The third-order valence-corrected chi connectivity index (χ3v) is 7.66. The average Bonchev–Trinajstić information content (AvgIpc) is 2.85. The van der Waals surface area contributed by atoms with Gasteiger partial charge in [-0.25, -0.2) is 12.8 Å². The molecule has 0 fully saturated rings. The van der Waals surface area contributed by atoms with Crippen molar-refractivity contribution in [2.75, 3.05) is 10.8 Å². The minimum atomic E-state index is -4.21. The highest BCUT2D eigenvalue weighted by atomic mass is 35.5. The van der Waals surface area contributed by atoms with E-state index in [9.17, 15) is 22.4 Å². The van der Waals surface area contributed by atoms with Crippen molar-refractivity contribution in [3.8, 4) is 0 Å². The number of hydrogen-bond acceptors (Lipinski definition) is 4. The topological polar surface area (TPSA) is 86.8 Å². The van der Waals surface area contributed by atoms with Crippen LogP contribution in [0.1, 0.15) is 33.3 Å². The van der Waals surface area contributed by atoms with E-state index in [0.717, 1.165) is 16.4 Å². The van der Waals surface area contributed by atoms with Crippen molar-refractivity contribution in [2.24, 2.45) is 0 Å². The summed E-state index contributed by atoms with van der Waals surface area (Å²) in [6.07, 6.45) is 0. The lowest BCUT2D eigenvalue weighted by molar-refractivity contribution is -0.140. The average molecular weight is 560 g/mol. The number of hydrogen-bond donors (Lipinski definition) is 1. The van der Waals surface area contributed by atoms with Crippen molar-refractivity contribution in [2.45, 2.75) is 50.7 Å². The lowest BCUT2D eigenvalue weighted by atomic mass is 10.1. The van der Waals surface area contributed by atoms with Gasteiger partial charge in [-0.3, -0.25) is 13.9 Å². The fourth-order valence-corrected chi connectivity index (χ4v) is 5.39. The SMILES string of the molecule is CC(C(=O)NC(C)(C)C)N(Cc1cccc(Cl)c1)C(=O)CN(c1ccc(F)cc1)S(=O)(=O)c1ccccc1. The van der Waals surface area contributed by atoms with Gasteiger partial charge in [0.1, 0.15) is 18.4 Å². The van der Waals surface area contributed by atoms with Crippen LogP contribution in [0.5, 0.6) is 0 Å². The van der Waals surface area contributed by atoms with Crippen LogP contribution in [-0.2, 0) is 26.2 Å². The molecule has 3 aromatic rings. The second-order valence-corrected chi connectivity index (χ2v) is 12.2.